The van der Waals surface area contributed by atoms with Gasteiger partial charge in [-0.3, -0.25) is 9.59 Å². The van der Waals surface area contributed by atoms with Crippen molar-refractivity contribution < 1.29 is 14.3 Å². The molecule has 0 saturated carbocycles. The molecular weight excluding hydrogens is 354 g/mol. The molecule has 2 aromatic carbocycles. The van der Waals surface area contributed by atoms with Gasteiger partial charge in [0.05, 0.1) is 30.0 Å². The molecule has 4 rings (SSSR count). The fourth-order valence-corrected chi connectivity index (χ4v) is 3.87. The van der Waals surface area contributed by atoms with Crippen molar-refractivity contribution >= 4 is 22.7 Å². The maximum absolute atomic E-state index is 13.0. The Labute approximate surface area is 163 Å². The number of hydrogen-bond donors (Lipinski definition) is 0. The van der Waals surface area contributed by atoms with Gasteiger partial charge in [0, 0.05) is 19.0 Å². The number of carbonyl (C=O) groups is 2. The van der Waals surface area contributed by atoms with Gasteiger partial charge >= 0.3 is 0 Å². The first-order valence-electron chi connectivity index (χ1n) is 9.52. The lowest BCUT2D eigenvalue weighted by Crippen LogP contribution is -2.43. The van der Waals surface area contributed by atoms with Crippen LogP contribution in [0.5, 0.6) is 5.75 Å². The topological polar surface area (TPSA) is 64.4 Å². The molecule has 0 unspecified atom stereocenters. The highest BCUT2D eigenvalue weighted by molar-refractivity contribution is 6.00. The van der Waals surface area contributed by atoms with E-state index in [0.717, 1.165) is 23.9 Å². The van der Waals surface area contributed by atoms with Crippen LogP contribution in [0.4, 0.5) is 0 Å². The number of ether oxygens (including phenoxy) is 1. The number of likely N-dealkylation sites (tertiary alicyclic amines) is 1. The predicted octanol–water partition coefficient (Wildman–Crippen LogP) is 3.17. The molecule has 6 nitrogen and oxygen atoms in total. The van der Waals surface area contributed by atoms with Gasteiger partial charge in [0.25, 0.3) is 0 Å². The summed E-state index contributed by atoms with van der Waals surface area (Å²) < 4.78 is 7.20. The summed E-state index contributed by atoms with van der Waals surface area (Å²) in [6.07, 6.45) is 3.31. The summed E-state index contributed by atoms with van der Waals surface area (Å²) in [6, 6.07) is 15.0. The number of hydrogen-bond acceptors (Lipinski definition) is 4. The van der Waals surface area contributed by atoms with E-state index >= 15 is 0 Å². The van der Waals surface area contributed by atoms with Gasteiger partial charge in [-0.15, -0.1) is 0 Å². The maximum atomic E-state index is 13.0. The Kier molecular flexibility index (Phi) is 5.10. The summed E-state index contributed by atoms with van der Waals surface area (Å²) >= 11 is 0. The molecule has 0 spiro atoms. The molecule has 3 aromatic rings. The van der Waals surface area contributed by atoms with E-state index in [4.69, 9.17) is 4.74 Å². The van der Waals surface area contributed by atoms with Crippen LogP contribution in [0.2, 0.25) is 0 Å². The first kappa shape index (κ1) is 18.2. The SMILES string of the molecule is COc1ccccc1C(=O)[C@@H]1CCCN(C(=O)Cn2cnc3ccccc32)C1. The standard InChI is InChI=1S/C22H23N3O3/c1-28-20-11-5-2-8-17(20)22(27)16-7-6-12-24(13-16)21(26)14-25-15-23-18-9-3-4-10-19(18)25/h2-5,8-11,15-16H,6-7,12-14H2,1H3/t16-/m1/s1. The molecular formula is C22H23N3O3. The fourth-order valence-electron chi connectivity index (χ4n) is 3.87. The van der Waals surface area contributed by atoms with Crippen molar-refractivity contribution in [3.8, 4) is 5.75 Å². The molecule has 1 amide bonds. The van der Waals surface area contributed by atoms with E-state index in [9.17, 15) is 9.59 Å². The number of para-hydroxylation sites is 3. The van der Waals surface area contributed by atoms with Crippen LogP contribution in [0.1, 0.15) is 23.2 Å². The first-order chi connectivity index (χ1) is 13.7. The number of nitrogens with zero attached hydrogens (tertiary/aromatic N) is 3. The van der Waals surface area contributed by atoms with E-state index in [1.54, 1.807) is 30.5 Å². The number of carbonyl (C=O) groups excluding carboxylic acids is 2. The normalized spacial score (nSPS) is 16.9. The maximum Gasteiger partial charge on any atom is 0.242 e. The average molecular weight is 377 g/mol. The van der Waals surface area contributed by atoms with E-state index in [2.05, 4.69) is 4.98 Å². The molecule has 6 heteroatoms. The molecule has 144 valence electrons. The van der Waals surface area contributed by atoms with Crippen LogP contribution in [-0.4, -0.2) is 46.3 Å². The number of piperidine rings is 1. The van der Waals surface area contributed by atoms with Crippen LogP contribution >= 0.6 is 0 Å². The Morgan fingerprint density at radius 2 is 1.93 bits per heavy atom. The number of amides is 1. The van der Waals surface area contributed by atoms with E-state index in [0.29, 0.717) is 24.4 Å². The molecule has 1 fully saturated rings. The summed E-state index contributed by atoms with van der Waals surface area (Å²) in [5.41, 5.74) is 2.40. The van der Waals surface area contributed by atoms with Crippen molar-refractivity contribution in [1.82, 2.24) is 14.5 Å². The van der Waals surface area contributed by atoms with Gasteiger partial charge in [-0.2, -0.15) is 0 Å². The minimum Gasteiger partial charge on any atom is -0.496 e. The number of rotatable bonds is 5. The molecule has 0 N–H and O–H groups in total. The highest BCUT2D eigenvalue weighted by Crippen LogP contribution is 2.26. The first-order valence-corrected chi connectivity index (χ1v) is 9.52. The summed E-state index contributed by atoms with van der Waals surface area (Å²) in [7, 11) is 1.57. The van der Waals surface area contributed by atoms with Crippen molar-refractivity contribution in [2.75, 3.05) is 20.2 Å². The Bertz CT molecular complexity index is 1010. The van der Waals surface area contributed by atoms with E-state index in [1.807, 2.05) is 41.0 Å². The molecule has 0 aliphatic carbocycles. The Morgan fingerprint density at radius 3 is 2.79 bits per heavy atom. The van der Waals surface area contributed by atoms with E-state index < -0.39 is 0 Å². The lowest BCUT2D eigenvalue weighted by atomic mass is 9.89. The van der Waals surface area contributed by atoms with Crippen LogP contribution < -0.4 is 4.74 Å². The van der Waals surface area contributed by atoms with Crippen LogP contribution in [0, 0.1) is 5.92 Å². The minimum absolute atomic E-state index is 0.0145. The summed E-state index contributed by atoms with van der Waals surface area (Å²) in [4.78, 5) is 32.0. The van der Waals surface area contributed by atoms with Crippen LogP contribution in [-0.2, 0) is 11.3 Å². The molecule has 28 heavy (non-hydrogen) atoms. The number of ketones is 1. The summed E-state index contributed by atoms with van der Waals surface area (Å²) in [5, 5.41) is 0. The zero-order valence-corrected chi connectivity index (χ0v) is 15.9. The molecule has 1 aromatic heterocycles. The Morgan fingerprint density at radius 1 is 1.14 bits per heavy atom. The average Bonchev–Trinajstić information content (AvgIpc) is 3.16. The third kappa shape index (κ3) is 3.50. The third-order valence-electron chi connectivity index (χ3n) is 5.35. The number of methoxy groups -OCH3 is 1. The second-order valence-corrected chi connectivity index (χ2v) is 7.10. The number of aromatic nitrogens is 2. The van der Waals surface area contributed by atoms with Crippen molar-refractivity contribution in [2.45, 2.75) is 19.4 Å². The predicted molar refractivity (Wildman–Crippen MR) is 106 cm³/mol. The zero-order valence-electron chi connectivity index (χ0n) is 15.9. The van der Waals surface area contributed by atoms with E-state index in [-0.39, 0.29) is 24.2 Å². The highest BCUT2D eigenvalue weighted by Gasteiger charge is 2.30. The summed E-state index contributed by atoms with van der Waals surface area (Å²) in [6.45, 7) is 1.36. The van der Waals surface area contributed by atoms with Crippen LogP contribution in [0.25, 0.3) is 11.0 Å². The highest BCUT2D eigenvalue weighted by atomic mass is 16.5. The fraction of sp³-hybridized carbons (Fsp3) is 0.318. The Hall–Kier alpha value is -3.15. The lowest BCUT2D eigenvalue weighted by Gasteiger charge is -2.32. The molecule has 0 bridgehead atoms. The van der Waals surface area contributed by atoms with Gasteiger partial charge < -0.3 is 14.2 Å². The smallest absolute Gasteiger partial charge is 0.242 e. The van der Waals surface area contributed by atoms with Crippen molar-refractivity contribution in [3.63, 3.8) is 0 Å². The largest absolute Gasteiger partial charge is 0.496 e. The van der Waals surface area contributed by atoms with Crippen molar-refractivity contribution in [3.05, 3.63) is 60.4 Å². The van der Waals surface area contributed by atoms with Crippen molar-refractivity contribution in [1.29, 1.82) is 0 Å². The number of Topliss-reactive ketones (excluding diaryl/α,β-unsaturated/α-hetero) is 1. The molecule has 1 atom stereocenters. The minimum atomic E-state index is -0.200. The number of benzene rings is 2. The summed E-state index contributed by atoms with van der Waals surface area (Å²) in [5.74, 6) is 0.443. The van der Waals surface area contributed by atoms with Crippen LogP contribution in [0.3, 0.4) is 0 Å². The monoisotopic (exact) mass is 377 g/mol. The van der Waals surface area contributed by atoms with Gasteiger partial charge in [0.15, 0.2) is 5.78 Å². The second kappa shape index (κ2) is 7.84. The quantitative estimate of drug-likeness (QED) is 0.641. The van der Waals surface area contributed by atoms with Gasteiger partial charge in [-0.25, -0.2) is 4.98 Å². The lowest BCUT2D eigenvalue weighted by molar-refractivity contribution is -0.133. The molecule has 0 radical (unpaired) electrons. The number of imidazole rings is 1. The van der Waals surface area contributed by atoms with Crippen molar-refractivity contribution in [2.24, 2.45) is 5.92 Å². The molecule has 1 aliphatic rings. The van der Waals surface area contributed by atoms with Crippen LogP contribution in [0.15, 0.2) is 54.9 Å². The van der Waals surface area contributed by atoms with E-state index in [1.165, 1.54) is 0 Å². The van der Waals surface area contributed by atoms with Gasteiger partial charge in [0.2, 0.25) is 5.91 Å². The molecule has 1 saturated heterocycles. The molecule has 1 aliphatic heterocycles. The third-order valence-corrected chi connectivity index (χ3v) is 5.35. The molecule has 2 heterocycles. The second-order valence-electron chi connectivity index (χ2n) is 7.10. The van der Waals surface area contributed by atoms with Gasteiger partial charge in [0.1, 0.15) is 12.3 Å². The Balaban J connectivity index is 1.47. The zero-order chi connectivity index (χ0) is 19.5. The van der Waals surface area contributed by atoms with Gasteiger partial charge in [-0.05, 0) is 37.1 Å². The van der Waals surface area contributed by atoms with Gasteiger partial charge in [-0.1, -0.05) is 24.3 Å². The number of fused-ring (bicyclic) bond motifs is 1.